The van der Waals surface area contributed by atoms with Crippen molar-refractivity contribution in [1.29, 1.82) is 0 Å². The molecule has 2 aromatic rings. The van der Waals surface area contributed by atoms with Gasteiger partial charge in [-0.05, 0) is 24.3 Å². The van der Waals surface area contributed by atoms with E-state index in [2.05, 4.69) is 13.8 Å². The van der Waals surface area contributed by atoms with E-state index in [1.165, 1.54) is 0 Å². The van der Waals surface area contributed by atoms with Crippen molar-refractivity contribution in [3.63, 3.8) is 0 Å². The van der Waals surface area contributed by atoms with Gasteiger partial charge in [-0.2, -0.15) is 0 Å². The van der Waals surface area contributed by atoms with Gasteiger partial charge in [0, 0.05) is 12.8 Å². The minimum absolute atomic E-state index is 0.303. The van der Waals surface area contributed by atoms with Gasteiger partial charge in [0.05, 0.1) is 0 Å². The van der Waals surface area contributed by atoms with E-state index in [1.54, 1.807) is 0 Å². The highest BCUT2D eigenvalue weighted by Gasteiger charge is 2.18. The van der Waals surface area contributed by atoms with E-state index in [0.717, 1.165) is 37.2 Å². The molecule has 2 atom stereocenters. The topological polar surface area (TPSA) is 27.7 Å². The molecular formula is C20H26O3. The largest absolute Gasteiger partial charge is 0.465 e. The van der Waals surface area contributed by atoms with Crippen LogP contribution in [0.15, 0.2) is 60.7 Å². The second-order valence-electron chi connectivity index (χ2n) is 5.43. The fraction of sp³-hybridized carbons (Fsp3) is 0.400. The zero-order valence-electron chi connectivity index (χ0n) is 14.0. The molecule has 0 aliphatic rings. The van der Waals surface area contributed by atoms with Gasteiger partial charge in [-0.1, -0.05) is 63.1 Å². The van der Waals surface area contributed by atoms with Crippen LogP contribution in [-0.2, 0) is 4.74 Å². The Morgan fingerprint density at radius 1 is 0.652 bits per heavy atom. The van der Waals surface area contributed by atoms with E-state index in [1.807, 2.05) is 60.7 Å². The number of para-hydroxylation sites is 2. The van der Waals surface area contributed by atoms with Crippen molar-refractivity contribution in [3.8, 4) is 11.5 Å². The van der Waals surface area contributed by atoms with Crippen molar-refractivity contribution in [1.82, 2.24) is 0 Å². The lowest BCUT2D eigenvalue weighted by Gasteiger charge is -2.25. The first kappa shape index (κ1) is 17.4. The Morgan fingerprint density at radius 2 is 1.04 bits per heavy atom. The molecule has 0 aliphatic carbocycles. The highest BCUT2D eigenvalue weighted by atomic mass is 16.8. The van der Waals surface area contributed by atoms with Crippen LogP contribution < -0.4 is 9.47 Å². The molecule has 0 spiro atoms. The molecule has 3 heteroatoms. The maximum Gasteiger partial charge on any atom is 0.203 e. The predicted molar refractivity (Wildman–Crippen MR) is 92.6 cm³/mol. The van der Waals surface area contributed by atoms with E-state index in [4.69, 9.17) is 14.2 Å². The highest BCUT2D eigenvalue weighted by Crippen LogP contribution is 2.20. The molecule has 2 rings (SSSR count). The zero-order chi connectivity index (χ0) is 16.3. The second kappa shape index (κ2) is 9.90. The molecule has 0 fully saturated rings. The van der Waals surface area contributed by atoms with Crippen LogP contribution in [0.3, 0.4) is 0 Å². The molecule has 23 heavy (non-hydrogen) atoms. The molecule has 2 aromatic carbocycles. The van der Waals surface area contributed by atoms with Gasteiger partial charge in [-0.15, -0.1) is 0 Å². The fourth-order valence-electron chi connectivity index (χ4n) is 2.25. The Bertz CT molecular complexity index is 478. The summed E-state index contributed by atoms with van der Waals surface area (Å²) < 4.78 is 18.0. The van der Waals surface area contributed by atoms with Gasteiger partial charge in [-0.25, -0.2) is 0 Å². The molecule has 0 N–H and O–H groups in total. The molecule has 0 radical (unpaired) electrons. The van der Waals surface area contributed by atoms with Gasteiger partial charge in [0.25, 0.3) is 0 Å². The quantitative estimate of drug-likeness (QED) is 0.548. The van der Waals surface area contributed by atoms with Crippen LogP contribution in [-0.4, -0.2) is 12.6 Å². The number of hydrogen-bond acceptors (Lipinski definition) is 3. The van der Waals surface area contributed by atoms with E-state index in [-0.39, 0.29) is 12.6 Å². The Labute approximate surface area is 139 Å². The smallest absolute Gasteiger partial charge is 0.203 e. The maximum atomic E-state index is 6.09. The van der Waals surface area contributed by atoms with Crippen LogP contribution in [0.5, 0.6) is 11.5 Å². The van der Waals surface area contributed by atoms with Crippen LogP contribution >= 0.6 is 0 Å². The molecule has 124 valence electrons. The van der Waals surface area contributed by atoms with Gasteiger partial charge in [-0.3, -0.25) is 0 Å². The van der Waals surface area contributed by atoms with Crippen molar-refractivity contribution in [2.75, 3.05) is 0 Å². The Hall–Kier alpha value is -2.00. The molecule has 3 nitrogen and oxygen atoms in total. The van der Waals surface area contributed by atoms with Gasteiger partial charge in [0.2, 0.25) is 12.6 Å². The number of ether oxygens (including phenoxy) is 3. The van der Waals surface area contributed by atoms with Crippen LogP contribution in [0.1, 0.15) is 39.5 Å². The monoisotopic (exact) mass is 314 g/mol. The van der Waals surface area contributed by atoms with Crippen LogP contribution in [0.2, 0.25) is 0 Å². The van der Waals surface area contributed by atoms with Crippen molar-refractivity contribution in [2.45, 2.75) is 52.1 Å². The van der Waals surface area contributed by atoms with Gasteiger partial charge in [0.1, 0.15) is 11.5 Å². The summed E-state index contributed by atoms with van der Waals surface area (Å²) >= 11 is 0. The summed E-state index contributed by atoms with van der Waals surface area (Å²) in [4.78, 5) is 0. The first-order valence-electron chi connectivity index (χ1n) is 8.40. The number of benzene rings is 2. The van der Waals surface area contributed by atoms with Crippen molar-refractivity contribution in [3.05, 3.63) is 60.7 Å². The van der Waals surface area contributed by atoms with Gasteiger partial charge >= 0.3 is 0 Å². The summed E-state index contributed by atoms with van der Waals surface area (Å²) in [6.07, 6.45) is 3.02. The summed E-state index contributed by atoms with van der Waals surface area (Å²) in [5.74, 6) is 1.64. The standard InChI is InChI=1S/C20H26O3/c1-3-11-19(21-17-13-7-5-8-14-17)23-20(12-4-2)22-18-15-9-6-10-16-18/h5-10,13-16,19-20H,3-4,11-12H2,1-2H3. The first-order valence-corrected chi connectivity index (χ1v) is 8.40. The lowest BCUT2D eigenvalue weighted by molar-refractivity contribution is -0.189. The number of rotatable bonds is 10. The molecule has 0 saturated heterocycles. The Balaban J connectivity index is 1.98. The van der Waals surface area contributed by atoms with Crippen LogP contribution in [0.25, 0.3) is 0 Å². The predicted octanol–water partition coefficient (Wildman–Crippen LogP) is 5.41. The molecule has 0 aromatic heterocycles. The third-order valence-electron chi connectivity index (χ3n) is 3.37. The third kappa shape index (κ3) is 6.33. The summed E-state index contributed by atoms with van der Waals surface area (Å²) in [6.45, 7) is 4.25. The normalized spacial score (nSPS) is 13.3. The molecule has 0 amide bonds. The highest BCUT2D eigenvalue weighted by molar-refractivity contribution is 5.21. The molecular weight excluding hydrogens is 288 g/mol. The molecule has 0 saturated carbocycles. The zero-order valence-corrected chi connectivity index (χ0v) is 14.0. The molecule has 0 heterocycles. The van der Waals surface area contributed by atoms with Crippen LogP contribution in [0.4, 0.5) is 0 Å². The van der Waals surface area contributed by atoms with Crippen LogP contribution in [0, 0.1) is 0 Å². The number of hydrogen-bond donors (Lipinski definition) is 0. The maximum absolute atomic E-state index is 6.09. The van der Waals surface area contributed by atoms with Gasteiger partial charge in [0.15, 0.2) is 0 Å². The minimum atomic E-state index is -0.303. The molecule has 0 bridgehead atoms. The van der Waals surface area contributed by atoms with Crippen molar-refractivity contribution < 1.29 is 14.2 Å². The Kier molecular flexibility index (Phi) is 7.47. The summed E-state index contributed by atoms with van der Waals surface area (Å²) in [6, 6.07) is 19.6. The Morgan fingerprint density at radius 3 is 1.39 bits per heavy atom. The lowest BCUT2D eigenvalue weighted by Crippen LogP contribution is -2.30. The van der Waals surface area contributed by atoms with E-state index < -0.39 is 0 Å². The minimum Gasteiger partial charge on any atom is -0.465 e. The van der Waals surface area contributed by atoms with E-state index in [9.17, 15) is 0 Å². The van der Waals surface area contributed by atoms with Crippen molar-refractivity contribution >= 4 is 0 Å². The van der Waals surface area contributed by atoms with Crippen molar-refractivity contribution in [2.24, 2.45) is 0 Å². The SMILES string of the molecule is CCCC(Oc1ccccc1)OC(CCC)Oc1ccccc1. The summed E-state index contributed by atoms with van der Waals surface area (Å²) in [7, 11) is 0. The summed E-state index contributed by atoms with van der Waals surface area (Å²) in [5.41, 5.74) is 0. The fourth-order valence-corrected chi connectivity index (χ4v) is 2.25. The van der Waals surface area contributed by atoms with E-state index >= 15 is 0 Å². The third-order valence-corrected chi connectivity index (χ3v) is 3.37. The second-order valence-corrected chi connectivity index (χ2v) is 5.43. The average molecular weight is 314 g/mol. The van der Waals surface area contributed by atoms with E-state index in [0.29, 0.717) is 0 Å². The summed E-state index contributed by atoms with van der Waals surface area (Å²) in [5, 5.41) is 0. The van der Waals surface area contributed by atoms with Gasteiger partial charge < -0.3 is 14.2 Å². The lowest BCUT2D eigenvalue weighted by atomic mass is 10.3. The first-order chi connectivity index (χ1) is 11.3. The molecule has 0 aliphatic heterocycles. The average Bonchev–Trinajstić information content (AvgIpc) is 2.57. The molecule has 2 unspecified atom stereocenters.